The summed E-state index contributed by atoms with van der Waals surface area (Å²) in [6, 6.07) is 10.1. The molecule has 0 aliphatic rings. The van der Waals surface area contributed by atoms with E-state index in [9.17, 15) is 10.1 Å². The molecule has 0 unspecified atom stereocenters. The summed E-state index contributed by atoms with van der Waals surface area (Å²) in [7, 11) is 5.67. The maximum absolute atomic E-state index is 11.8. The van der Waals surface area contributed by atoms with Crippen molar-refractivity contribution >= 4 is 22.9 Å². The minimum atomic E-state index is -0.360. The van der Waals surface area contributed by atoms with Crippen LogP contribution in [0.1, 0.15) is 17.7 Å². The summed E-state index contributed by atoms with van der Waals surface area (Å²) in [6.45, 7) is 3.96. The van der Waals surface area contributed by atoms with Crippen LogP contribution in [0.3, 0.4) is 0 Å². The molecule has 0 fully saturated rings. The number of aryl methyl sites for hydroxylation is 1. The molecule has 2 rings (SSSR count). The molecular weight excluding hydrogens is 300 g/mol. The van der Waals surface area contributed by atoms with E-state index in [4.69, 9.17) is 0 Å². The van der Waals surface area contributed by atoms with Gasteiger partial charge in [0.2, 0.25) is 0 Å². The number of rotatable bonds is 6. The highest BCUT2D eigenvalue weighted by atomic mass is 16.1. The molecule has 5 heteroatoms. The number of benzene rings is 1. The van der Waals surface area contributed by atoms with Crippen LogP contribution in [0.5, 0.6) is 0 Å². The molecule has 0 aliphatic heterocycles. The van der Waals surface area contributed by atoms with Crippen LogP contribution in [0.2, 0.25) is 0 Å². The van der Waals surface area contributed by atoms with Crippen molar-refractivity contribution in [1.82, 2.24) is 14.8 Å². The van der Waals surface area contributed by atoms with E-state index < -0.39 is 0 Å². The topological polar surface area (TPSA) is 61.1 Å². The van der Waals surface area contributed by atoms with Crippen LogP contribution in [0.4, 0.5) is 0 Å². The highest BCUT2D eigenvalue weighted by Gasteiger charge is 2.15. The highest BCUT2D eigenvalue weighted by molar-refractivity contribution is 6.04. The number of carbonyl (C=O) groups excluding carboxylic acids is 1. The van der Waals surface area contributed by atoms with Crippen molar-refractivity contribution in [3.63, 3.8) is 0 Å². The van der Waals surface area contributed by atoms with Gasteiger partial charge in [0.15, 0.2) is 0 Å². The summed E-state index contributed by atoms with van der Waals surface area (Å²) in [4.78, 5) is 14.0. The zero-order valence-corrected chi connectivity index (χ0v) is 14.8. The third kappa shape index (κ3) is 3.66. The molecule has 1 aromatic heterocycles. The smallest absolute Gasteiger partial charge is 0.261 e. The van der Waals surface area contributed by atoms with Crippen molar-refractivity contribution in [2.45, 2.75) is 19.9 Å². The molecule has 0 saturated carbocycles. The Bertz CT molecular complexity index is 809. The second kappa shape index (κ2) is 7.80. The van der Waals surface area contributed by atoms with Gasteiger partial charge in [0.25, 0.3) is 5.91 Å². The molecule has 1 amide bonds. The van der Waals surface area contributed by atoms with E-state index in [0.717, 1.165) is 41.7 Å². The summed E-state index contributed by atoms with van der Waals surface area (Å²) in [6.07, 6.45) is 2.73. The van der Waals surface area contributed by atoms with E-state index in [1.165, 1.54) is 7.05 Å². The van der Waals surface area contributed by atoms with E-state index in [0.29, 0.717) is 0 Å². The average molecular weight is 324 g/mol. The second-order valence-electron chi connectivity index (χ2n) is 6.07. The van der Waals surface area contributed by atoms with Crippen LogP contribution in [-0.4, -0.2) is 43.1 Å². The van der Waals surface area contributed by atoms with Crippen molar-refractivity contribution in [1.29, 1.82) is 5.26 Å². The van der Waals surface area contributed by atoms with E-state index in [1.807, 2.05) is 31.2 Å². The predicted molar refractivity (Wildman–Crippen MR) is 97.5 cm³/mol. The molecule has 1 aromatic carbocycles. The quantitative estimate of drug-likeness (QED) is 0.656. The fraction of sp³-hybridized carbons (Fsp3) is 0.368. The number of nitrogens with zero attached hydrogens (tertiary/aromatic N) is 3. The molecule has 0 saturated heterocycles. The first-order valence-corrected chi connectivity index (χ1v) is 8.06. The van der Waals surface area contributed by atoms with E-state index >= 15 is 0 Å². The first kappa shape index (κ1) is 17.8. The first-order chi connectivity index (χ1) is 11.5. The molecule has 1 N–H and O–H groups in total. The molecule has 0 atom stereocenters. The van der Waals surface area contributed by atoms with E-state index in [2.05, 4.69) is 34.9 Å². The minimum Gasteiger partial charge on any atom is -0.354 e. The van der Waals surface area contributed by atoms with Crippen LogP contribution in [0.25, 0.3) is 17.0 Å². The number of amides is 1. The standard InChI is InChI=1S/C19H24N4O/c1-14-17(12-15(13-20)19(24)21-2)16-8-5-6-9-18(16)23(14)11-7-10-22(3)4/h5-6,8-9,12H,7,10-11H2,1-4H3,(H,21,24)/b15-12+. The number of likely N-dealkylation sites (N-methyl/N-ethyl adjacent to an activating group) is 1. The number of para-hydroxylation sites is 1. The maximum Gasteiger partial charge on any atom is 0.261 e. The van der Waals surface area contributed by atoms with Crippen molar-refractivity contribution in [2.24, 2.45) is 0 Å². The second-order valence-corrected chi connectivity index (χ2v) is 6.07. The highest BCUT2D eigenvalue weighted by Crippen LogP contribution is 2.28. The van der Waals surface area contributed by atoms with Gasteiger partial charge in [-0.05, 0) is 46.1 Å². The Kier molecular flexibility index (Phi) is 5.78. The number of aromatic nitrogens is 1. The lowest BCUT2D eigenvalue weighted by atomic mass is 10.1. The van der Waals surface area contributed by atoms with Gasteiger partial charge in [0.05, 0.1) is 0 Å². The Morgan fingerprint density at radius 3 is 2.71 bits per heavy atom. The normalized spacial score (nSPS) is 11.8. The zero-order chi connectivity index (χ0) is 17.7. The van der Waals surface area contributed by atoms with Crippen molar-refractivity contribution < 1.29 is 4.79 Å². The third-order valence-electron chi connectivity index (χ3n) is 4.15. The fourth-order valence-electron chi connectivity index (χ4n) is 2.90. The number of carbonyl (C=O) groups is 1. The molecule has 2 aromatic rings. The Labute approximate surface area is 143 Å². The van der Waals surface area contributed by atoms with E-state index in [-0.39, 0.29) is 11.5 Å². The number of hydrogen-bond donors (Lipinski definition) is 1. The van der Waals surface area contributed by atoms with Gasteiger partial charge in [0, 0.05) is 35.8 Å². The summed E-state index contributed by atoms with van der Waals surface area (Å²) >= 11 is 0. The number of hydrogen-bond acceptors (Lipinski definition) is 3. The zero-order valence-electron chi connectivity index (χ0n) is 14.8. The van der Waals surface area contributed by atoms with Gasteiger partial charge in [-0.2, -0.15) is 5.26 Å². The van der Waals surface area contributed by atoms with Crippen molar-refractivity contribution in [3.05, 3.63) is 41.1 Å². The molecule has 0 aliphatic carbocycles. The van der Waals surface area contributed by atoms with Crippen molar-refractivity contribution in [3.8, 4) is 6.07 Å². The Hall–Kier alpha value is -2.58. The lowest BCUT2D eigenvalue weighted by Gasteiger charge is -2.12. The monoisotopic (exact) mass is 324 g/mol. The minimum absolute atomic E-state index is 0.122. The Morgan fingerprint density at radius 2 is 2.08 bits per heavy atom. The van der Waals surface area contributed by atoms with Gasteiger partial charge in [-0.3, -0.25) is 4.79 Å². The SMILES string of the molecule is CNC(=O)/C(C#N)=C/c1c(C)n(CCCN(C)C)c2ccccc12. The predicted octanol–water partition coefficient (Wildman–Crippen LogP) is 2.55. The third-order valence-corrected chi connectivity index (χ3v) is 4.15. The molecule has 24 heavy (non-hydrogen) atoms. The Balaban J connectivity index is 2.51. The summed E-state index contributed by atoms with van der Waals surface area (Å²) < 4.78 is 2.27. The van der Waals surface area contributed by atoms with Crippen LogP contribution in [0, 0.1) is 18.3 Å². The fourth-order valence-corrected chi connectivity index (χ4v) is 2.90. The molecular formula is C19H24N4O. The first-order valence-electron chi connectivity index (χ1n) is 8.06. The van der Waals surface area contributed by atoms with Crippen LogP contribution >= 0.6 is 0 Å². The van der Waals surface area contributed by atoms with Gasteiger partial charge >= 0.3 is 0 Å². The largest absolute Gasteiger partial charge is 0.354 e. The summed E-state index contributed by atoms with van der Waals surface area (Å²) in [5.74, 6) is -0.360. The number of nitriles is 1. The average Bonchev–Trinajstić information content (AvgIpc) is 2.84. The summed E-state index contributed by atoms with van der Waals surface area (Å²) in [5, 5.41) is 12.9. The van der Waals surface area contributed by atoms with Gasteiger partial charge in [-0.25, -0.2) is 0 Å². The van der Waals surface area contributed by atoms with Gasteiger partial charge < -0.3 is 14.8 Å². The van der Waals surface area contributed by atoms with Crippen LogP contribution in [-0.2, 0) is 11.3 Å². The molecule has 1 heterocycles. The summed E-state index contributed by atoms with van der Waals surface area (Å²) in [5.41, 5.74) is 3.27. The van der Waals surface area contributed by atoms with Gasteiger partial charge in [-0.1, -0.05) is 18.2 Å². The lowest BCUT2D eigenvalue weighted by molar-refractivity contribution is -0.116. The maximum atomic E-state index is 11.8. The lowest BCUT2D eigenvalue weighted by Crippen LogP contribution is -2.19. The van der Waals surface area contributed by atoms with Gasteiger partial charge in [-0.15, -0.1) is 0 Å². The molecule has 126 valence electrons. The Morgan fingerprint density at radius 1 is 1.38 bits per heavy atom. The molecule has 0 radical (unpaired) electrons. The van der Waals surface area contributed by atoms with E-state index in [1.54, 1.807) is 6.08 Å². The van der Waals surface area contributed by atoms with Crippen LogP contribution in [0.15, 0.2) is 29.8 Å². The van der Waals surface area contributed by atoms with Crippen molar-refractivity contribution in [2.75, 3.05) is 27.7 Å². The number of nitrogens with one attached hydrogen (secondary N) is 1. The van der Waals surface area contributed by atoms with Crippen LogP contribution < -0.4 is 5.32 Å². The van der Waals surface area contributed by atoms with Gasteiger partial charge in [0.1, 0.15) is 11.6 Å². The molecule has 0 spiro atoms. The molecule has 5 nitrogen and oxygen atoms in total. The number of fused-ring (bicyclic) bond motifs is 1. The molecule has 0 bridgehead atoms.